The lowest BCUT2D eigenvalue weighted by Crippen LogP contribution is -2.22. The molecule has 0 aromatic heterocycles. The van der Waals surface area contributed by atoms with Gasteiger partial charge < -0.3 is 5.32 Å². The van der Waals surface area contributed by atoms with E-state index in [0.717, 1.165) is 36.5 Å². The summed E-state index contributed by atoms with van der Waals surface area (Å²) in [7, 11) is -0.799. The fraction of sp³-hybridized carbons (Fsp3) is 0.538. The summed E-state index contributed by atoms with van der Waals surface area (Å²) in [6.45, 7) is 3.21. The van der Waals surface area contributed by atoms with Crippen LogP contribution >= 0.6 is 0 Å². The Labute approximate surface area is 99.9 Å². The summed E-state index contributed by atoms with van der Waals surface area (Å²) in [5.41, 5.74) is 1.24. The van der Waals surface area contributed by atoms with Crippen molar-refractivity contribution in [2.45, 2.75) is 37.1 Å². The van der Waals surface area contributed by atoms with Crippen LogP contribution in [0.1, 0.15) is 37.8 Å². The van der Waals surface area contributed by atoms with E-state index >= 15 is 0 Å². The molecule has 0 spiro atoms. The lowest BCUT2D eigenvalue weighted by Gasteiger charge is -2.18. The molecule has 2 rings (SSSR count). The van der Waals surface area contributed by atoms with Crippen LogP contribution in [0.5, 0.6) is 0 Å². The molecule has 2 atom stereocenters. The molecule has 1 aromatic carbocycles. The summed E-state index contributed by atoms with van der Waals surface area (Å²) >= 11 is 0. The van der Waals surface area contributed by atoms with E-state index in [2.05, 4.69) is 18.3 Å². The lowest BCUT2D eigenvalue weighted by molar-refractivity contribution is 0.493. The minimum absolute atomic E-state index is 0.391. The second-order valence-electron chi connectivity index (χ2n) is 4.24. The van der Waals surface area contributed by atoms with E-state index in [0.29, 0.717) is 6.04 Å². The summed E-state index contributed by atoms with van der Waals surface area (Å²) in [5.74, 6) is 0.807. The van der Waals surface area contributed by atoms with E-state index in [1.165, 1.54) is 5.56 Å². The van der Waals surface area contributed by atoms with Crippen LogP contribution in [0, 0.1) is 0 Å². The number of hydrogen-bond donors (Lipinski definition) is 1. The number of rotatable bonds is 3. The number of fused-ring (bicyclic) bond motifs is 1. The summed E-state index contributed by atoms with van der Waals surface area (Å²) in [6, 6.07) is 8.55. The van der Waals surface area contributed by atoms with E-state index in [4.69, 9.17) is 0 Å². The minimum Gasteiger partial charge on any atom is -0.310 e. The van der Waals surface area contributed by atoms with Gasteiger partial charge in [0.2, 0.25) is 0 Å². The molecule has 1 N–H and O–H groups in total. The van der Waals surface area contributed by atoms with Crippen molar-refractivity contribution >= 4 is 10.8 Å². The van der Waals surface area contributed by atoms with E-state index in [1.54, 1.807) is 0 Å². The molecule has 88 valence electrons. The van der Waals surface area contributed by atoms with Gasteiger partial charge in [-0.3, -0.25) is 4.21 Å². The lowest BCUT2D eigenvalue weighted by atomic mass is 10.0. The molecule has 0 radical (unpaired) electrons. The topological polar surface area (TPSA) is 29.1 Å². The fourth-order valence-electron chi connectivity index (χ4n) is 2.19. The third-order valence-electron chi connectivity index (χ3n) is 3.00. The van der Waals surface area contributed by atoms with Crippen LogP contribution in [-0.2, 0) is 10.8 Å². The molecule has 0 amide bonds. The second-order valence-corrected chi connectivity index (χ2v) is 5.78. The maximum atomic E-state index is 12.0. The first kappa shape index (κ1) is 11.8. The summed E-state index contributed by atoms with van der Waals surface area (Å²) in [5, 5.41) is 3.55. The number of hydrogen-bond acceptors (Lipinski definition) is 2. The molecule has 3 heteroatoms. The van der Waals surface area contributed by atoms with Crippen LogP contribution in [0.15, 0.2) is 29.2 Å². The van der Waals surface area contributed by atoms with Gasteiger partial charge in [-0.05, 0) is 37.4 Å². The molecule has 1 aliphatic rings. The summed E-state index contributed by atoms with van der Waals surface area (Å²) in [6.07, 6.45) is 3.28. The van der Waals surface area contributed by atoms with Gasteiger partial charge in [0.25, 0.3) is 0 Å². The molecule has 0 saturated carbocycles. The molecule has 1 aromatic rings. The van der Waals surface area contributed by atoms with Crippen molar-refractivity contribution in [1.82, 2.24) is 5.32 Å². The summed E-state index contributed by atoms with van der Waals surface area (Å²) < 4.78 is 12.0. The Bertz CT molecular complexity index is 378. The van der Waals surface area contributed by atoms with Crippen LogP contribution in [0.4, 0.5) is 0 Å². The van der Waals surface area contributed by atoms with Crippen molar-refractivity contribution in [3.8, 4) is 0 Å². The highest BCUT2D eigenvalue weighted by Crippen LogP contribution is 2.28. The fourth-order valence-corrected chi connectivity index (χ4v) is 3.54. The SMILES string of the molecule is CCCNC1CCCS(=O)c2ccccc21. The van der Waals surface area contributed by atoms with Crippen molar-refractivity contribution in [2.75, 3.05) is 12.3 Å². The summed E-state index contributed by atoms with van der Waals surface area (Å²) in [4.78, 5) is 1.04. The first-order valence-corrected chi connectivity index (χ1v) is 7.35. The van der Waals surface area contributed by atoms with Gasteiger partial charge in [-0.1, -0.05) is 25.1 Å². The van der Waals surface area contributed by atoms with E-state index in [9.17, 15) is 4.21 Å². The first-order valence-electron chi connectivity index (χ1n) is 6.03. The molecule has 0 fully saturated rings. The number of nitrogens with one attached hydrogen (secondary N) is 1. The zero-order chi connectivity index (χ0) is 11.4. The van der Waals surface area contributed by atoms with Gasteiger partial charge >= 0.3 is 0 Å². The number of benzene rings is 1. The molecule has 1 aliphatic heterocycles. The van der Waals surface area contributed by atoms with Crippen molar-refractivity contribution < 1.29 is 4.21 Å². The average Bonchev–Trinajstić information content (AvgIpc) is 2.47. The highest BCUT2D eigenvalue weighted by molar-refractivity contribution is 7.85. The molecule has 16 heavy (non-hydrogen) atoms. The highest BCUT2D eigenvalue weighted by atomic mass is 32.2. The monoisotopic (exact) mass is 237 g/mol. The normalized spacial score (nSPS) is 24.8. The Kier molecular flexibility index (Phi) is 4.13. The first-order chi connectivity index (χ1) is 7.83. The van der Waals surface area contributed by atoms with Crippen molar-refractivity contribution in [1.29, 1.82) is 0 Å². The third-order valence-corrected chi connectivity index (χ3v) is 4.52. The Balaban J connectivity index is 2.27. The van der Waals surface area contributed by atoms with Gasteiger partial charge in [0.15, 0.2) is 0 Å². The zero-order valence-corrected chi connectivity index (χ0v) is 10.6. The van der Waals surface area contributed by atoms with Crippen LogP contribution in [-0.4, -0.2) is 16.5 Å². The Hall–Kier alpha value is -0.670. The van der Waals surface area contributed by atoms with Crippen LogP contribution in [0.25, 0.3) is 0 Å². The standard InChI is InChI=1S/C13H19NOS/c1-2-9-14-12-7-5-10-16(15)13-8-4-3-6-11(12)13/h3-4,6,8,12,14H,2,5,7,9-10H2,1H3. The van der Waals surface area contributed by atoms with E-state index in [1.807, 2.05) is 18.2 Å². The molecule has 0 aliphatic carbocycles. The van der Waals surface area contributed by atoms with Crippen LogP contribution < -0.4 is 5.32 Å². The van der Waals surface area contributed by atoms with Crippen molar-refractivity contribution in [2.24, 2.45) is 0 Å². The average molecular weight is 237 g/mol. The largest absolute Gasteiger partial charge is 0.310 e. The smallest absolute Gasteiger partial charge is 0.0532 e. The third kappa shape index (κ3) is 2.53. The van der Waals surface area contributed by atoms with Crippen molar-refractivity contribution in [3.63, 3.8) is 0 Å². The van der Waals surface area contributed by atoms with Gasteiger partial charge in [0.05, 0.1) is 10.8 Å². The maximum Gasteiger partial charge on any atom is 0.0532 e. The molecular weight excluding hydrogens is 218 g/mol. The molecule has 1 heterocycles. The molecular formula is C13H19NOS. The zero-order valence-electron chi connectivity index (χ0n) is 9.74. The van der Waals surface area contributed by atoms with E-state index < -0.39 is 10.8 Å². The van der Waals surface area contributed by atoms with Gasteiger partial charge in [-0.2, -0.15) is 0 Å². The van der Waals surface area contributed by atoms with Crippen molar-refractivity contribution in [3.05, 3.63) is 29.8 Å². The minimum atomic E-state index is -0.799. The van der Waals surface area contributed by atoms with Gasteiger partial charge in [-0.25, -0.2) is 0 Å². The van der Waals surface area contributed by atoms with Gasteiger partial charge in [0.1, 0.15) is 0 Å². The predicted molar refractivity (Wildman–Crippen MR) is 68.0 cm³/mol. The van der Waals surface area contributed by atoms with Gasteiger partial charge in [0, 0.05) is 16.7 Å². The quantitative estimate of drug-likeness (QED) is 0.875. The molecule has 0 saturated heterocycles. The van der Waals surface area contributed by atoms with Gasteiger partial charge in [-0.15, -0.1) is 0 Å². The second kappa shape index (κ2) is 5.60. The Morgan fingerprint density at radius 2 is 2.25 bits per heavy atom. The maximum absolute atomic E-state index is 12.0. The molecule has 0 bridgehead atoms. The predicted octanol–water partition coefficient (Wildman–Crippen LogP) is 2.63. The Morgan fingerprint density at radius 3 is 3.06 bits per heavy atom. The molecule has 2 nitrogen and oxygen atoms in total. The highest BCUT2D eigenvalue weighted by Gasteiger charge is 2.21. The van der Waals surface area contributed by atoms with E-state index in [-0.39, 0.29) is 0 Å². The molecule has 2 unspecified atom stereocenters. The van der Waals surface area contributed by atoms with Crippen LogP contribution in [0.3, 0.4) is 0 Å². The van der Waals surface area contributed by atoms with Crippen LogP contribution in [0.2, 0.25) is 0 Å². The Morgan fingerprint density at radius 1 is 1.44 bits per heavy atom.